The molecule has 1 rings (SSSR count). The minimum absolute atomic E-state index is 0.880. The molecule has 57 valence electrons. The van der Waals surface area contributed by atoms with Crippen LogP contribution in [0.25, 0.3) is 0 Å². The summed E-state index contributed by atoms with van der Waals surface area (Å²) in [4.78, 5) is 0. The first-order valence-electron chi connectivity index (χ1n) is 2.31. The van der Waals surface area contributed by atoms with E-state index in [9.17, 15) is 13.2 Å². The maximum Gasteiger partial charge on any atom is 0.525 e. The van der Waals surface area contributed by atoms with Gasteiger partial charge < -0.3 is 5.32 Å². The third-order valence-electron chi connectivity index (χ3n) is 0.692. The highest BCUT2D eigenvalue weighted by atomic mass is 32.2. The molecule has 1 atom stereocenters. The summed E-state index contributed by atoms with van der Waals surface area (Å²) in [5.74, 6) is 0. The monoisotopic (exact) mass is 170 g/mol. The van der Waals surface area contributed by atoms with Crippen LogP contribution < -0.4 is 5.32 Å². The standard InChI is InChI=1S/C4H3F3NOS/c5-4(6,7)9-3-8-1-2-10-3/h2-3,8H. The van der Waals surface area contributed by atoms with Crippen LogP contribution in [0.5, 0.6) is 0 Å². The van der Waals surface area contributed by atoms with Crippen LogP contribution in [0, 0.1) is 6.20 Å². The second kappa shape index (κ2) is 2.71. The van der Waals surface area contributed by atoms with Crippen LogP contribution in [0.15, 0.2) is 5.41 Å². The van der Waals surface area contributed by atoms with Gasteiger partial charge in [0.1, 0.15) is 0 Å². The second-order valence-corrected chi connectivity index (χ2v) is 2.37. The molecule has 1 radical (unpaired) electrons. The van der Waals surface area contributed by atoms with E-state index in [1.54, 1.807) is 0 Å². The Morgan fingerprint density at radius 2 is 2.30 bits per heavy atom. The number of ether oxygens (including phenoxy) is 1. The molecule has 0 spiro atoms. The Morgan fingerprint density at radius 3 is 2.70 bits per heavy atom. The molecule has 1 aliphatic rings. The molecule has 10 heavy (non-hydrogen) atoms. The number of hydrogen-bond acceptors (Lipinski definition) is 3. The number of halogens is 3. The number of nitrogens with one attached hydrogen (secondary N) is 1. The number of alkyl halides is 3. The molecule has 0 fully saturated rings. The molecule has 0 saturated carbocycles. The lowest BCUT2D eigenvalue weighted by molar-refractivity contribution is -0.332. The highest BCUT2D eigenvalue weighted by Crippen LogP contribution is 2.25. The molecule has 6 heteroatoms. The lowest BCUT2D eigenvalue weighted by atomic mass is 11.0. The summed E-state index contributed by atoms with van der Waals surface area (Å²) < 4.78 is 37.7. The number of hydrogen-bond donors (Lipinski definition) is 1. The molecule has 1 heterocycles. The van der Waals surface area contributed by atoms with Crippen molar-refractivity contribution in [2.75, 3.05) is 0 Å². The lowest BCUT2D eigenvalue weighted by Crippen LogP contribution is -2.28. The van der Waals surface area contributed by atoms with Gasteiger partial charge in [-0.25, -0.2) is 0 Å². The van der Waals surface area contributed by atoms with Gasteiger partial charge >= 0.3 is 6.36 Å². The van der Waals surface area contributed by atoms with Crippen molar-refractivity contribution in [3.8, 4) is 0 Å². The Kier molecular flexibility index (Phi) is 2.10. The normalized spacial score (nSPS) is 24.9. The van der Waals surface area contributed by atoms with E-state index in [-0.39, 0.29) is 0 Å². The molecule has 0 bridgehead atoms. The minimum atomic E-state index is -4.58. The van der Waals surface area contributed by atoms with E-state index in [0.717, 1.165) is 11.8 Å². The van der Waals surface area contributed by atoms with Crippen molar-refractivity contribution < 1.29 is 17.9 Å². The lowest BCUT2D eigenvalue weighted by Gasteiger charge is -2.12. The van der Waals surface area contributed by atoms with Crippen LogP contribution in [0.2, 0.25) is 0 Å². The zero-order chi connectivity index (χ0) is 7.61. The van der Waals surface area contributed by atoms with Gasteiger partial charge in [-0.1, -0.05) is 11.8 Å². The van der Waals surface area contributed by atoms with E-state index < -0.39 is 11.9 Å². The molecule has 2 nitrogen and oxygen atoms in total. The Morgan fingerprint density at radius 1 is 1.60 bits per heavy atom. The summed E-state index contributed by atoms with van der Waals surface area (Å²) in [6, 6.07) is 0. The van der Waals surface area contributed by atoms with E-state index in [1.165, 1.54) is 5.41 Å². The number of thioether (sulfide) groups is 1. The van der Waals surface area contributed by atoms with E-state index in [0.29, 0.717) is 0 Å². The Bertz CT molecular complexity index is 138. The smallest absolute Gasteiger partial charge is 0.349 e. The summed E-state index contributed by atoms with van der Waals surface area (Å²) in [5, 5.41) is 3.60. The quantitative estimate of drug-likeness (QED) is 0.643. The number of rotatable bonds is 1. The van der Waals surface area contributed by atoms with Gasteiger partial charge in [0.05, 0.1) is 6.20 Å². The van der Waals surface area contributed by atoms with Crippen molar-refractivity contribution in [2.45, 2.75) is 11.9 Å². The molecule has 1 unspecified atom stereocenters. The molecule has 0 amide bonds. The molecule has 1 aliphatic heterocycles. The summed E-state index contributed by atoms with van der Waals surface area (Å²) in [6.07, 6.45) is -2.22. The molecule has 1 N–H and O–H groups in total. The average Bonchev–Trinajstić information content (AvgIpc) is 2.12. The van der Waals surface area contributed by atoms with Crippen LogP contribution in [0.3, 0.4) is 0 Å². The molecule has 0 aromatic rings. The van der Waals surface area contributed by atoms with Gasteiger partial charge in [-0.3, -0.25) is 4.74 Å². The van der Waals surface area contributed by atoms with Gasteiger partial charge in [0.2, 0.25) is 0 Å². The average molecular weight is 170 g/mol. The van der Waals surface area contributed by atoms with Crippen molar-refractivity contribution in [3.63, 3.8) is 0 Å². The molecule has 0 aromatic carbocycles. The van der Waals surface area contributed by atoms with Crippen LogP contribution in [0.1, 0.15) is 0 Å². The summed E-state index contributed by atoms with van der Waals surface area (Å²) in [7, 11) is 0. The predicted octanol–water partition coefficient (Wildman–Crippen LogP) is 1.42. The van der Waals surface area contributed by atoms with Gasteiger partial charge in [-0.05, 0) is 0 Å². The zero-order valence-electron chi connectivity index (χ0n) is 4.61. The Labute approximate surface area is 59.4 Å². The summed E-state index contributed by atoms with van der Waals surface area (Å²) in [5.41, 5.74) is -1.07. The fraction of sp³-hybridized carbons (Fsp3) is 0.500. The first kappa shape index (κ1) is 7.74. The van der Waals surface area contributed by atoms with E-state index in [2.05, 4.69) is 16.3 Å². The predicted molar refractivity (Wildman–Crippen MR) is 29.5 cm³/mol. The molecule has 0 saturated heterocycles. The third-order valence-corrected chi connectivity index (χ3v) is 1.41. The van der Waals surface area contributed by atoms with Crippen LogP contribution in [0.4, 0.5) is 13.2 Å². The fourth-order valence-corrected chi connectivity index (χ4v) is 0.971. The van der Waals surface area contributed by atoms with Crippen LogP contribution in [-0.4, -0.2) is 11.9 Å². The van der Waals surface area contributed by atoms with Gasteiger partial charge in [0, 0.05) is 5.41 Å². The highest BCUT2D eigenvalue weighted by molar-refractivity contribution is 8.02. The molecular weight excluding hydrogens is 167 g/mol. The summed E-state index contributed by atoms with van der Waals surface area (Å²) >= 11 is 0.880. The van der Waals surface area contributed by atoms with E-state index in [1.807, 2.05) is 0 Å². The van der Waals surface area contributed by atoms with Gasteiger partial charge in [0.25, 0.3) is 0 Å². The fourth-order valence-electron chi connectivity index (χ4n) is 0.411. The van der Waals surface area contributed by atoms with Crippen LogP contribution >= 0.6 is 11.8 Å². The van der Waals surface area contributed by atoms with Crippen molar-refractivity contribution in [1.82, 2.24) is 5.32 Å². The second-order valence-electron chi connectivity index (χ2n) is 1.44. The Balaban J connectivity index is 2.26. The first-order chi connectivity index (χ1) is 4.58. The Hall–Kier alpha value is -0.360. The van der Waals surface area contributed by atoms with Crippen molar-refractivity contribution >= 4 is 11.8 Å². The van der Waals surface area contributed by atoms with Gasteiger partial charge in [0.15, 0.2) is 5.56 Å². The molecule has 0 aliphatic carbocycles. The van der Waals surface area contributed by atoms with E-state index >= 15 is 0 Å². The highest BCUT2D eigenvalue weighted by Gasteiger charge is 2.34. The largest absolute Gasteiger partial charge is 0.525 e. The molecular formula is C4H3F3NOS. The third kappa shape index (κ3) is 2.49. The maximum absolute atomic E-state index is 11.4. The maximum atomic E-state index is 11.4. The molecule has 0 aromatic heterocycles. The zero-order valence-corrected chi connectivity index (χ0v) is 5.42. The van der Waals surface area contributed by atoms with Crippen molar-refractivity contribution in [2.24, 2.45) is 0 Å². The SMILES string of the molecule is FC(F)(F)OC1N[C]=CS1. The topological polar surface area (TPSA) is 21.3 Å². The minimum Gasteiger partial charge on any atom is -0.349 e. The van der Waals surface area contributed by atoms with Crippen molar-refractivity contribution in [3.05, 3.63) is 11.6 Å². The van der Waals surface area contributed by atoms with Gasteiger partial charge in [-0.2, -0.15) is 0 Å². The van der Waals surface area contributed by atoms with E-state index in [4.69, 9.17) is 0 Å². The van der Waals surface area contributed by atoms with Gasteiger partial charge in [-0.15, -0.1) is 13.2 Å². The van der Waals surface area contributed by atoms with Crippen molar-refractivity contribution in [1.29, 1.82) is 0 Å². The van der Waals surface area contributed by atoms with Crippen LogP contribution in [-0.2, 0) is 4.74 Å². The summed E-state index contributed by atoms with van der Waals surface area (Å²) in [6.45, 7) is 0. The first-order valence-corrected chi connectivity index (χ1v) is 3.25.